The van der Waals surface area contributed by atoms with Crippen LogP contribution in [0.1, 0.15) is 6.92 Å². The summed E-state index contributed by atoms with van der Waals surface area (Å²) in [6.45, 7) is 6.57. The third kappa shape index (κ3) is 6.79. The Morgan fingerprint density at radius 2 is 1.81 bits per heavy atom. The lowest BCUT2D eigenvalue weighted by molar-refractivity contribution is -0.122. The number of hydrogen-bond acceptors (Lipinski definition) is 9. The van der Waals surface area contributed by atoms with Gasteiger partial charge in [0.25, 0.3) is 5.56 Å². The van der Waals surface area contributed by atoms with Gasteiger partial charge >= 0.3 is 0 Å². The molecule has 0 aliphatic carbocycles. The van der Waals surface area contributed by atoms with Crippen LogP contribution in [-0.4, -0.2) is 83.5 Å². The smallest absolute Gasteiger partial charge is 0.267 e. The number of amides is 1. The fraction of sp³-hybridized carbons (Fsp3) is 0.400. The number of aromatic nitrogens is 4. The number of anilines is 1. The number of ether oxygens (including phenoxy) is 2. The molecule has 36 heavy (non-hydrogen) atoms. The first-order valence-electron chi connectivity index (χ1n) is 12.0. The number of hydrogen-bond donors (Lipinski definition) is 1. The Morgan fingerprint density at radius 1 is 1.03 bits per heavy atom. The van der Waals surface area contributed by atoms with Gasteiger partial charge in [0.05, 0.1) is 18.8 Å². The Morgan fingerprint density at radius 3 is 2.56 bits per heavy atom. The fourth-order valence-corrected chi connectivity index (χ4v) is 3.76. The molecule has 1 aromatic carbocycles. The summed E-state index contributed by atoms with van der Waals surface area (Å²) >= 11 is 0. The minimum absolute atomic E-state index is 0.190. The van der Waals surface area contributed by atoms with Crippen molar-refractivity contribution in [1.82, 2.24) is 30.0 Å². The minimum atomic E-state index is -0.353. The van der Waals surface area contributed by atoms with E-state index in [1.807, 2.05) is 37.3 Å². The van der Waals surface area contributed by atoms with E-state index in [2.05, 4.69) is 37.2 Å². The quantitative estimate of drug-likeness (QED) is 0.414. The van der Waals surface area contributed by atoms with E-state index in [0.29, 0.717) is 18.2 Å². The van der Waals surface area contributed by atoms with Gasteiger partial charge in [-0.05, 0) is 44.3 Å². The number of piperazine rings is 1. The van der Waals surface area contributed by atoms with Gasteiger partial charge in [0.1, 0.15) is 31.0 Å². The van der Waals surface area contributed by atoms with Crippen molar-refractivity contribution in [1.29, 1.82) is 0 Å². The second-order valence-electron chi connectivity index (χ2n) is 8.38. The highest BCUT2D eigenvalue weighted by molar-refractivity contribution is 5.75. The molecule has 0 spiro atoms. The maximum absolute atomic E-state index is 12.4. The number of carbonyl (C=O) groups excluding carboxylic acids is 1. The molecule has 0 saturated carbocycles. The number of rotatable bonds is 10. The van der Waals surface area contributed by atoms with Crippen LogP contribution in [0.4, 0.5) is 5.82 Å². The molecule has 11 nitrogen and oxygen atoms in total. The number of carbonyl (C=O) groups is 1. The van der Waals surface area contributed by atoms with Crippen molar-refractivity contribution >= 4 is 11.7 Å². The maximum atomic E-state index is 12.4. The van der Waals surface area contributed by atoms with Crippen LogP contribution in [0.3, 0.4) is 0 Å². The van der Waals surface area contributed by atoms with Gasteiger partial charge in [-0.1, -0.05) is 0 Å². The zero-order valence-electron chi connectivity index (χ0n) is 20.6. The first-order valence-corrected chi connectivity index (χ1v) is 12.0. The van der Waals surface area contributed by atoms with Crippen LogP contribution in [0.5, 0.6) is 11.6 Å². The van der Waals surface area contributed by atoms with E-state index in [1.165, 1.54) is 12.4 Å². The van der Waals surface area contributed by atoms with Crippen molar-refractivity contribution < 1.29 is 14.3 Å². The maximum Gasteiger partial charge on any atom is 0.267 e. The van der Waals surface area contributed by atoms with Gasteiger partial charge in [0.2, 0.25) is 11.8 Å². The van der Waals surface area contributed by atoms with Crippen molar-refractivity contribution in [3.05, 3.63) is 59.1 Å². The van der Waals surface area contributed by atoms with Crippen molar-refractivity contribution in [3.8, 4) is 22.9 Å². The fourth-order valence-electron chi connectivity index (χ4n) is 3.76. The van der Waals surface area contributed by atoms with E-state index in [9.17, 15) is 9.59 Å². The summed E-state index contributed by atoms with van der Waals surface area (Å²) in [7, 11) is 2.10. The largest absolute Gasteiger partial charge is 0.494 e. The molecule has 0 radical (unpaired) electrons. The zero-order valence-corrected chi connectivity index (χ0v) is 20.6. The lowest BCUT2D eigenvalue weighted by Crippen LogP contribution is -2.44. The van der Waals surface area contributed by atoms with E-state index in [4.69, 9.17) is 9.47 Å². The topological polar surface area (TPSA) is 115 Å². The highest BCUT2D eigenvalue weighted by atomic mass is 16.5. The summed E-state index contributed by atoms with van der Waals surface area (Å²) in [4.78, 5) is 37.6. The molecule has 3 aromatic rings. The summed E-state index contributed by atoms with van der Waals surface area (Å²) in [6.07, 6.45) is 1.48. The zero-order chi connectivity index (χ0) is 25.3. The second-order valence-corrected chi connectivity index (χ2v) is 8.38. The minimum Gasteiger partial charge on any atom is -0.494 e. The average molecular weight is 494 g/mol. The summed E-state index contributed by atoms with van der Waals surface area (Å²) in [5.41, 5.74) is 1.06. The SMILES string of the molecule is CCOc1ccc(-c2ccc(=O)n(CC(=O)NCCOc3cc(N4CCN(C)CC4)ncn3)n2)cc1. The lowest BCUT2D eigenvalue weighted by atomic mass is 10.1. The first-order chi connectivity index (χ1) is 17.5. The normalized spacial score (nSPS) is 13.9. The van der Waals surface area contributed by atoms with Crippen LogP contribution in [0, 0.1) is 0 Å². The Hall–Kier alpha value is -3.99. The molecule has 1 amide bonds. The summed E-state index contributed by atoms with van der Waals surface area (Å²) in [5, 5.41) is 7.09. The molecular formula is C25H31N7O4. The molecule has 2 aromatic heterocycles. The van der Waals surface area contributed by atoms with E-state index < -0.39 is 0 Å². The van der Waals surface area contributed by atoms with E-state index >= 15 is 0 Å². The predicted octanol–water partition coefficient (Wildman–Crippen LogP) is 1.05. The molecule has 0 unspecified atom stereocenters. The molecular weight excluding hydrogens is 462 g/mol. The summed E-state index contributed by atoms with van der Waals surface area (Å²) in [6, 6.07) is 12.3. The third-order valence-corrected chi connectivity index (χ3v) is 5.75. The van der Waals surface area contributed by atoms with Gasteiger partial charge in [-0.3, -0.25) is 9.59 Å². The number of likely N-dealkylation sites (N-methyl/N-ethyl adjacent to an activating group) is 1. The van der Waals surface area contributed by atoms with Crippen LogP contribution in [0.15, 0.2) is 53.6 Å². The van der Waals surface area contributed by atoms with E-state index in [0.717, 1.165) is 48.0 Å². The van der Waals surface area contributed by atoms with Gasteiger partial charge in [0.15, 0.2) is 0 Å². The number of nitrogens with one attached hydrogen (secondary N) is 1. The average Bonchev–Trinajstić information content (AvgIpc) is 2.89. The molecule has 1 aliphatic heterocycles. The third-order valence-electron chi connectivity index (χ3n) is 5.75. The molecule has 190 valence electrons. The molecule has 3 heterocycles. The highest BCUT2D eigenvalue weighted by Gasteiger charge is 2.16. The molecule has 4 rings (SSSR count). The van der Waals surface area contributed by atoms with Gasteiger partial charge in [-0.15, -0.1) is 0 Å². The Bertz CT molecular complexity index is 1210. The summed E-state index contributed by atoms with van der Waals surface area (Å²) < 4.78 is 12.3. The standard InChI is InChI=1S/C25H31N7O4/c1-3-35-20-6-4-19(5-7-20)21-8-9-25(34)32(29-21)17-23(33)26-10-15-36-24-16-22(27-18-28-24)31-13-11-30(2)12-14-31/h4-9,16,18H,3,10-15,17H2,1-2H3,(H,26,33). The molecule has 1 N–H and O–H groups in total. The molecule has 0 bridgehead atoms. The Kier molecular flexibility index (Phi) is 8.45. The van der Waals surface area contributed by atoms with Crippen LogP contribution in [0.2, 0.25) is 0 Å². The van der Waals surface area contributed by atoms with Crippen LogP contribution in [0.25, 0.3) is 11.3 Å². The predicted molar refractivity (Wildman–Crippen MR) is 135 cm³/mol. The van der Waals surface area contributed by atoms with Gasteiger partial charge in [0, 0.05) is 43.9 Å². The number of nitrogens with zero attached hydrogens (tertiary/aromatic N) is 6. The first kappa shape index (κ1) is 25.1. The van der Waals surface area contributed by atoms with E-state index in [-0.39, 0.29) is 31.2 Å². The lowest BCUT2D eigenvalue weighted by Gasteiger charge is -2.33. The van der Waals surface area contributed by atoms with Gasteiger partial charge in [-0.2, -0.15) is 5.10 Å². The number of benzene rings is 1. The summed E-state index contributed by atoms with van der Waals surface area (Å²) in [5.74, 6) is 1.70. The van der Waals surface area contributed by atoms with Crippen molar-refractivity contribution in [3.63, 3.8) is 0 Å². The van der Waals surface area contributed by atoms with Crippen LogP contribution >= 0.6 is 0 Å². The molecule has 1 fully saturated rings. The second kappa shape index (κ2) is 12.1. The van der Waals surface area contributed by atoms with Crippen LogP contribution < -0.4 is 25.2 Å². The Balaban J connectivity index is 1.26. The molecule has 1 saturated heterocycles. The molecule has 0 atom stereocenters. The Labute approximate surface area is 209 Å². The van der Waals surface area contributed by atoms with Crippen molar-refractivity contribution in [2.75, 3.05) is 57.9 Å². The van der Waals surface area contributed by atoms with Crippen LogP contribution in [-0.2, 0) is 11.3 Å². The van der Waals surface area contributed by atoms with E-state index in [1.54, 1.807) is 6.07 Å². The highest BCUT2D eigenvalue weighted by Crippen LogP contribution is 2.20. The van der Waals surface area contributed by atoms with Gasteiger partial charge in [-0.25, -0.2) is 14.6 Å². The monoisotopic (exact) mass is 493 g/mol. The molecule has 1 aliphatic rings. The molecule has 11 heteroatoms. The van der Waals surface area contributed by atoms with Crippen molar-refractivity contribution in [2.24, 2.45) is 0 Å². The van der Waals surface area contributed by atoms with Gasteiger partial charge < -0.3 is 24.6 Å². The van der Waals surface area contributed by atoms with Crippen molar-refractivity contribution in [2.45, 2.75) is 13.5 Å².